The van der Waals surface area contributed by atoms with E-state index in [0.29, 0.717) is 18.5 Å². The van der Waals surface area contributed by atoms with Crippen LogP contribution in [0.3, 0.4) is 0 Å². The van der Waals surface area contributed by atoms with Gasteiger partial charge in [-0.15, -0.1) is 0 Å². The number of methoxy groups -OCH3 is 1. The van der Waals surface area contributed by atoms with Gasteiger partial charge in [0.2, 0.25) is 5.91 Å². The molecule has 0 spiro atoms. The minimum Gasteiger partial charge on any atom is -0.496 e. The molecule has 1 fully saturated rings. The Morgan fingerprint density at radius 3 is 2.85 bits per heavy atom. The maximum atomic E-state index is 11.6. The van der Waals surface area contributed by atoms with Gasteiger partial charge in [0.15, 0.2) is 0 Å². The van der Waals surface area contributed by atoms with Gasteiger partial charge in [-0.25, -0.2) is 0 Å². The van der Waals surface area contributed by atoms with Crippen LogP contribution >= 0.6 is 0 Å². The van der Waals surface area contributed by atoms with Crippen molar-refractivity contribution in [2.75, 3.05) is 13.7 Å². The van der Waals surface area contributed by atoms with E-state index in [1.165, 1.54) is 5.56 Å². The number of para-hydroxylation sites is 1. The van der Waals surface area contributed by atoms with Crippen LogP contribution in [0.5, 0.6) is 5.75 Å². The Morgan fingerprint density at radius 2 is 2.15 bits per heavy atom. The summed E-state index contributed by atoms with van der Waals surface area (Å²) in [5.41, 5.74) is 1.19. The van der Waals surface area contributed by atoms with Crippen LogP contribution in [0.15, 0.2) is 24.3 Å². The van der Waals surface area contributed by atoms with Crippen molar-refractivity contribution >= 4 is 5.91 Å². The molecule has 4 heteroatoms. The van der Waals surface area contributed by atoms with Crippen molar-refractivity contribution in [1.29, 1.82) is 0 Å². The highest BCUT2D eigenvalue weighted by molar-refractivity contribution is 5.76. The van der Waals surface area contributed by atoms with Crippen molar-refractivity contribution in [2.45, 2.75) is 44.7 Å². The molecule has 1 aliphatic rings. The molecule has 0 bridgehead atoms. The van der Waals surface area contributed by atoms with Crippen LogP contribution in [-0.4, -0.2) is 31.6 Å². The Kier molecular flexibility index (Phi) is 5.41. The minimum atomic E-state index is 0.157. The predicted octanol–water partition coefficient (Wildman–Crippen LogP) is 1.88. The first-order chi connectivity index (χ1) is 9.69. The van der Waals surface area contributed by atoms with Crippen molar-refractivity contribution in [1.82, 2.24) is 10.6 Å². The quantitative estimate of drug-likeness (QED) is 0.762. The Balaban J connectivity index is 1.68. The van der Waals surface area contributed by atoms with Gasteiger partial charge in [-0.2, -0.15) is 0 Å². The molecular weight excluding hydrogens is 252 g/mol. The van der Waals surface area contributed by atoms with Gasteiger partial charge in [0.1, 0.15) is 5.75 Å². The second kappa shape index (κ2) is 7.29. The third-order valence-electron chi connectivity index (χ3n) is 3.51. The molecule has 1 aromatic rings. The molecule has 1 saturated carbocycles. The van der Waals surface area contributed by atoms with Crippen LogP contribution in [0.2, 0.25) is 0 Å². The molecule has 0 heterocycles. The van der Waals surface area contributed by atoms with Crippen molar-refractivity contribution < 1.29 is 9.53 Å². The van der Waals surface area contributed by atoms with E-state index in [4.69, 9.17) is 4.74 Å². The lowest BCUT2D eigenvalue weighted by Gasteiger charge is -2.15. The first-order valence-corrected chi connectivity index (χ1v) is 7.33. The summed E-state index contributed by atoms with van der Waals surface area (Å²) in [5.74, 6) is 1.08. The standard InChI is InChI=1S/C16H24N2O2/c1-12(11-13-5-3-4-6-15(13)20-2)17-10-9-16(19)18-14-7-8-14/h3-6,12,14,17H,7-11H2,1-2H3,(H,18,19). The van der Waals surface area contributed by atoms with Gasteiger partial charge in [0.05, 0.1) is 7.11 Å². The number of hydrogen-bond acceptors (Lipinski definition) is 3. The molecule has 1 atom stereocenters. The fourth-order valence-corrected chi connectivity index (χ4v) is 2.23. The van der Waals surface area contributed by atoms with Crippen molar-refractivity contribution in [3.8, 4) is 5.75 Å². The Bertz CT molecular complexity index is 444. The highest BCUT2D eigenvalue weighted by Gasteiger charge is 2.22. The molecule has 20 heavy (non-hydrogen) atoms. The summed E-state index contributed by atoms with van der Waals surface area (Å²) in [6, 6.07) is 8.83. The fourth-order valence-electron chi connectivity index (χ4n) is 2.23. The molecule has 0 saturated heterocycles. The van der Waals surface area contributed by atoms with E-state index in [0.717, 1.165) is 31.6 Å². The molecule has 1 aliphatic carbocycles. The zero-order valence-electron chi connectivity index (χ0n) is 12.3. The molecule has 1 unspecified atom stereocenters. The van der Waals surface area contributed by atoms with Crippen LogP contribution in [0.25, 0.3) is 0 Å². The third kappa shape index (κ3) is 4.85. The number of benzene rings is 1. The monoisotopic (exact) mass is 276 g/mol. The highest BCUT2D eigenvalue weighted by atomic mass is 16.5. The van der Waals surface area contributed by atoms with E-state index in [1.54, 1.807) is 7.11 Å². The lowest BCUT2D eigenvalue weighted by molar-refractivity contribution is -0.121. The van der Waals surface area contributed by atoms with E-state index in [2.05, 4.69) is 23.6 Å². The van der Waals surface area contributed by atoms with Crippen LogP contribution in [0.1, 0.15) is 31.7 Å². The molecule has 1 aromatic carbocycles. The molecule has 0 aromatic heterocycles. The average molecular weight is 276 g/mol. The van der Waals surface area contributed by atoms with E-state index in [9.17, 15) is 4.79 Å². The van der Waals surface area contributed by atoms with Gasteiger partial charge in [-0.05, 0) is 37.8 Å². The summed E-state index contributed by atoms with van der Waals surface area (Å²) in [5, 5.41) is 6.39. The van der Waals surface area contributed by atoms with Crippen molar-refractivity contribution in [3.63, 3.8) is 0 Å². The Morgan fingerprint density at radius 1 is 1.40 bits per heavy atom. The van der Waals surface area contributed by atoms with Gasteiger partial charge >= 0.3 is 0 Å². The van der Waals surface area contributed by atoms with Gasteiger partial charge in [-0.1, -0.05) is 18.2 Å². The van der Waals surface area contributed by atoms with Crippen molar-refractivity contribution in [3.05, 3.63) is 29.8 Å². The van der Waals surface area contributed by atoms with Crippen molar-refractivity contribution in [2.24, 2.45) is 0 Å². The predicted molar refractivity (Wildman–Crippen MR) is 79.9 cm³/mol. The second-order valence-electron chi connectivity index (χ2n) is 5.46. The molecule has 2 rings (SSSR count). The lowest BCUT2D eigenvalue weighted by Crippen LogP contribution is -2.33. The molecular formula is C16H24N2O2. The number of nitrogens with one attached hydrogen (secondary N) is 2. The average Bonchev–Trinajstić information content (AvgIpc) is 3.23. The highest BCUT2D eigenvalue weighted by Crippen LogP contribution is 2.19. The number of carbonyl (C=O) groups excluding carboxylic acids is 1. The van der Waals surface area contributed by atoms with Crippen LogP contribution in [0, 0.1) is 0 Å². The third-order valence-corrected chi connectivity index (χ3v) is 3.51. The summed E-state index contributed by atoms with van der Waals surface area (Å²) in [6.45, 7) is 2.85. The first-order valence-electron chi connectivity index (χ1n) is 7.33. The Labute approximate surface area is 120 Å². The van der Waals surface area contributed by atoms with Crippen LogP contribution in [-0.2, 0) is 11.2 Å². The van der Waals surface area contributed by atoms with Gasteiger partial charge in [0, 0.05) is 25.0 Å². The molecule has 110 valence electrons. The maximum Gasteiger partial charge on any atom is 0.221 e. The van der Waals surface area contributed by atoms with Gasteiger partial charge in [-0.3, -0.25) is 4.79 Å². The largest absolute Gasteiger partial charge is 0.496 e. The summed E-state index contributed by atoms with van der Waals surface area (Å²) < 4.78 is 5.35. The number of carbonyl (C=O) groups is 1. The van der Waals surface area contributed by atoms with Crippen LogP contribution in [0.4, 0.5) is 0 Å². The smallest absolute Gasteiger partial charge is 0.221 e. The molecule has 4 nitrogen and oxygen atoms in total. The van der Waals surface area contributed by atoms with Gasteiger partial charge < -0.3 is 15.4 Å². The molecule has 0 radical (unpaired) electrons. The first kappa shape index (κ1) is 14.9. The molecule has 0 aliphatic heterocycles. The van der Waals surface area contributed by atoms with E-state index in [-0.39, 0.29) is 5.91 Å². The zero-order chi connectivity index (χ0) is 14.4. The lowest BCUT2D eigenvalue weighted by atomic mass is 10.1. The van der Waals surface area contributed by atoms with Crippen LogP contribution < -0.4 is 15.4 Å². The number of amides is 1. The van der Waals surface area contributed by atoms with E-state index in [1.807, 2.05) is 18.2 Å². The fraction of sp³-hybridized carbons (Fsp3) is 0.562. The summed E-state index contributed by atoms with van der Waals surface area (Å²) >= 11 is 0. The summed E-state index contributed by atoms with van der Waals surface area (Å²) in [7, 11) is 1.69. The van der Waals surface area contributed by atoms with E-state index < -0.39 is 0 Å². The normalized spacial score (nSPS) is 15.7. The SMILES string of the molecule is COc1ccccc1CC(C)NCCC(=O)NC1CC1. The zero-order valence-corrected chi connectivity index (χ0v) is 12.3. The topological polar surface area (TPSA) is 50.4 Å². The van der Waals surface area contributed by atoms with Gasteiger partial charge in [0.25, 0.3) is 0 Å². The molecule has 2 N–H and O–H groups in total. The maximum absolute atomic E-state index is 11.6. The Hall–Kier alpha value is -1.55. The second-order valence-corrected chi connectivity index (χ2v) is 5.46. The minimum absolute atomic E-state index is 0.157. The number of rotatable bonds is 8. The van der Waals surface area contributed by atoms with E-state index >= 15 is 0 Å². The number of hydrogen-bond donors (Lipinski definition) is 2. The molecule has 1 amide bonds. The summed E-state index contributed by atoms with van der Waals surface area (Å²) in [6.07, 6.45) is 3.73. The summed E-state index contributed by atoms with van der Waals surface area (Å²) in [4.78, 5) is 11.6. The number of ether oxygens (including phenoxy) is 1.